The first-order valence-corrected chi connectivity index (χ1v) is 12.5. The van der Waals surface area contributed by atoms with Gasteiger partial charge in [-0.15, -0.1) is 0 Å². The molecule has 2 rings (SSSR count). The molecule has 174 valence electrons. The highest BCUT2D eigenvalue weighted by Gasteiger charge is 2.11. The maximum atomic E-state index is 12.3. The number of Topliss-reactive ketones (excluding diaryl/α,β-unsaturated/α-hetero) is 2. The Morgan fingerprint density at radius 3 is 1.78 bits per heavy atom. The first-order chi connectivity index (χ1) is 15.6. The van der Waals surface area contributed by atoms with Crippen LogP contribution in [0.3, 0.4) is 0 Å². The lowest BCUT2D eigenvalue weighted by Gasteiger charge is -2.08. The number of rotatable bonds is 17. The van der Waals surface area contributed by atoms with Gasteiger partial charge in [-0.25, -0.2) is 0 Å². The molecule has 32 heavy (non-hydrogen) atoms. The smallest absolute Gasteiger partial charge is 0.170 e. The molecule has 0 saturated carbocycles. The van der Waals surface area contributed by atoms with Crippen LogP contribution in [0.4, 0.5) is 0 Å². The summed E-state index contributed by atoms with van der Waals surface area (Å²) < 4.78 is 5.88. The van der Waals surface area contributed by atoms with Crippen LogP contribution in [0.15, 0.2) is 48.5 Å². The molecule has 3 nitrogen and oxygen atoms in total. The Labute approximate surface area is 194 Å². The van der Waals surface area contributed by atoms with Crippen molar-refractivity contribution >= 4 is 11.6 Å². The Hall–Kier alpha value is -2.42. The monoisotopic (exact) mass is 436 g/mol. The molecule has 0 aliphatic carbocycles. The standard InChI is InChI=1S/C29H40O3/c1-3-5-7-8-9-10-11-12-22-32-28-20-18-25(19-21-28)24-14-16-26(17-15-24)29(31)23-27(30)13-6-4-2/h14-21H,3-13,22-23H2,1-2H3. The third-order valence-corrected chi connectivity index (χ3v) is 5.83. The molecule has 0 N–H and O–H groups in total. The SMILES string of the molecule is CCCCCCCCCCOc1ccc(-c2ccc(C(=O)CC(=O)CCCC)cc2)cc1. The third-order valence-electron chi connectivity index (χ3n) is 5.83. The van der Waals surface area contributed by atoms with Crippen molar-refractivity contribution in [2.24, 2.45) is 0 Å². The minimum Gasteiger partial charge on any atom is -0.494 e. The van der Waals surface area contributed by atoms with Crippen molar-refractivity contribution in [3.63, 3.8) is 0 Å². The fourth-order valence-corrected chi connectivity index (χ4v) is 3.76. The van der Waals surface area contributed by atoms with Crippen molar-refractivity contribution in [3.8, 4) is 16.9 Å². The highest BCUT2D eigenvalue weighted by Crippen LogP contribution is 2.23. The normalized spacial score (nSPS) is 10.8. The van der Waals surface area contributed by atoms with Crippen LogP contribution < -0.4 is 4.74 Å². The van der Waals surface area contributed by atoms with Crippen molar-refractivity contribution in [1.29, 1.82) is 0 Å². The predicted molar refractivity (Wildman–Crippen MR) is 133 cm³/mol. The molecule has 0 aliphatic rings. The van der Waals surface area contributed by atoms with Crippen LogP contribution in [-0.4, -0.2) is 18.2 Å². The molecular formula is C29H40O3. The van der Waals surface area contributed by atoms with E-state index >= 15 is 0 Å². The highest BCUT2D eigenvalue weighted by molar-refractivity contribution is 6.08. The number of hydrogen-bond acceptors (Lipinski definition) is 3. The molecule has 2 aromatic rings. The van der Waals surface area contributed by atoms with Gasteiger partial charge < -0.3 is 4.74 Å². The van der Waals surface area contributed by atoms with Crippen LogP contribution >= 0.6 is 0 Å². The Balaban J connectivity index is 1.73. The average molecular weight is 437 g/mol. The van der Waals surface area contributed by atoms with Gasteiger partial charge in [0.1, 0.15) is 11.5 Å². The summed E-state index contributed by atoms with van der Waals surface area (Å²) in [4.78, 5) is 24.1. The van der Waals surface area contributed by atoms with E-state index in [2.05, 4.69) is 6.92 Å². The van der Waals surface area contributed by atoms with E-state index in [4.69, 9.17) is 4.74 Å². The summed E-state index contributed by atoms with van der Waals surface area (Å²) >= 11 is 0. The predicted octanol–water partition coefficient (Wildman–Crippen LogP) is 8.21. The summed E-state index contributed by atoms with van der Waals surface area (Å²) in [6, 6.07) is 15.6. The molecule has 0 atom stereocenters. The molecule has 0 amide bonds. The molecule has 0 spiro atoms. The first kappa shape index (κ1) is 25.8. The average Bonchev–Trinajstić information content (AvgIpc) is 2.82. The topological polar surface area (TPSA) is 43.4 Å². The minimum atomic E-state index is -0.0950. The number of benzene rings is 2. The van der Waals surface area contributed by atoms with Gasteiger partial charge in [0.25, 0.3) is 0 Å². The van der Waals surface area contributed by atoms with Crippen LogP contribution in [0.5, 0.6) is 5.75 Å². The largest absolute Gasteiger partial charge is 0.494 e. The van der Waals surface area contributed by atoms with E-state index in [9.17, 15) is 9.59 Å². The van der Waals surface area contributed by atoms with Gasteiger partial charge in [0.15, 0.2) is 5.78 Å². The Bertz CT molecular complexity index is 790. The minimum absolute atomic E-state index is 0.00421. The maximum Gasteiger partial charge on any atom is 0.170 e. The maximum absolute atomic E-state index is 12.3. The van der Waals surface area contributed by atoms with Gasteiger partial charge in [0.05, 0.1) is 13.0 Å². The van der Waals surface area contributed by atoms with E-state index in [1.165, 1.54) is 44.9 Å². The summed E-state index contributed by atoms with van der Waals surface area (Å²) in [7, 11) is 0. The molecule has 0 aliphatic heterocycles. The number of ketones is 2. The molecule has 0 fully saturated rings. The van der Waals surface area contributed by atoms with E-state index in [-0.39, 0.29) is 18.0 Å². The van der Waals surface area contributed by atoms with Gasteiger partial charge in [0.2, 0.25) is 0 Å². The molecule has 0 heterocycles. The summed E-state index contributed by atoms with van der Waals surface area (Å²) in [5, 5.41) is 0. The summed E-state index contributed by atoms with van der Waals surface area (Å²) in [5.74, 6) is 0.833. The fourth-order valence-electron chi connectivity index (χ4n) is 3.76. The summed E-state index contributed by atoms with van der Waals surface area (Å²) in [5.41, 5.74) is 2.74. The number of carbonyl (C=O) groups is 2. The second kappa shape index (κ2) is 15.4. The van der Waals surface area contributed by atoms with Crippen LogP contribution in [0, 0.1) is 0 Å². The van der Waals surface area contributed by atoms with Gasteiger partial charge in [-0.3, -0.25) is 9.59 Å². The molecule has 0 radical (unpaired) electrons. The van der Waals surface area contributed by atoms with E-state index in [0.29, 0.717) is 12.0 Å². The van der Waals surface area contributed by atoms with Gasteiger partial charge in [-0.1, -0.05) is 102 Å². The van der Waals surface area contributed by atoms with Crippen molar-refractivity contribution in [1.82, 2.24) is 0 Å². The third kappa shape index (κ3) is 9.80. The second-order valence-electron chi connectivity index (χ2n) is 8.67. The Kier molecular flexibility index (Phi) is 12.4. The lowest BCUT2D eigenvalue weighted by molar-refractivity contribution is -0.118. The molecule has 0 saturated heterocycles. The summed E-state index contributed by atoms with van der Waals surface area (Å²) in [6.07, 6.45) is 12.7. The van der Waals surface area contributed by atoms with Gasteiger partial charge in [0, 0.05) is 12.0 Å². The van der Waals surface area contributed by atoms with Crippen molar-refractivity contribution < 1.29 is 14.3 Å². The van der Waals surface area contributed by atoms with E-state index in [1.54, 1.807) is 0 Å². The van der Waals surface area contributed by atoms with Crippen LogP contribution in [0.25, 0.3) is 11.1 Å². The number of hydrogen-bond donors (Lipinski definition) is 0. The molecular weight excluding hydrogens is 396 g/mol. The summed E-state index contributed by atoms with van der Waals surface area (Å²) in [6.45, 7) is 5.06. The Morgan fingerprint density at radius 2 is 1.19 bits per heavy atom. The number of unbranched alkanes of at least 4 members (excludes halogenated alkanes) is 8. The van der Waals surface area contributed by atoms with Crippen molar-refractivity contribution in [3.05, 3.63) is 54.1 Å². The molecule has 3 heteroatoms. The van der Waals surface area contributed by atoms with Gasteiger partial charge in [-0.2, -0.15) is 0 Å². The Morgan fingerprint density at radius 1 is 0.656 bits per heavy atom. The lowest BCUT2D eigenvalue weighted by Crippen LogP contribution is -2.07. The number of carbonyl (C=O) groups excluding carboxylic acids is 2. The zero-order valence-corrected chi connectivity index (χ0v) is 20.0. The first-order valence-electron chi connectivity index (χ1n) is 12.5. The number of ether oxygens (including phenoxy) is 1. The molecule has 0 bridgehead atoms. The quantitative estimate of drug-likeness (QED) is 0.143. The van der Waals surface area contributed by atoms with Crippen LogP contribution in [0.1, 0.15) is 101 Å². The van der Waals surface area contributed by atoms with Crippen LogP contribution in [-0.2, 0) is 4.79 Å². The van der Waals surface area contributed by atoms with E-state index in [1.807, 2.05) is 55.5 Å². The van der Waals surface area contributed by atoms with E-state index in [0.717, 1.165) is 42.7 Å². The van der Waals surface area contributed by atoms with Crippen LogP contribution in [0.2, 0.25) is 0 Å². The lowest BCUT2D eigenvalue weighted by atomic mass is 9.99. The highest BCUT2D eigenvalue weighted by atomic mass is 16.5. The zero-order chi connectivity index (χ0) is 23.0. The second-order valence-corrected chi connectivity index (χ2v) is 8.67. The van der Waals surface area contributed by atoms with Crippen molar-refractivity contribution in [2.45, 2.75) is 90.9 Å². The van der Waals surface area contributed by atoms with Gasteiger partial charge >= 0.3 is 0 Å². The van der Waals surface area contributed by atoms with E-state index < -0.39 is 0 Å². The molecule has 2 aromatic carbocycles. The molecule has 0 aromatic heterocycles. The zero-order valence-electron chi connectivity index (χ0n) is 20.0. The fraction of sp³-hybridized carbons (Fsp3) is 0.517. The van der Waals surface area contributed by atoms with Gasteiger partial charge in [-0.05, 0) is 36.1 Å². The molecule has 0 unspecified atom stereocenters. The van der Waals surface area contributed by atoms with Crippen molar-refractivity contribution in [2.75, 3.05) is 6.61 Å².